The maximum atomic E-state index is 12.1. The van der Waals surface area contributed by atoms with E-state index in [0.29, 0.717) is 5.56 Å². The fraction of sp³-hybridized carbons (Fsp3) is 0.176. The molecule has 2 aromatic carbocycles. The van der Waals surface area contributed by atoms with Crippen molar-refractivity contribution in [2.45, 2.75) is 19.4 Å². The van der Waals surface area contributed by atoms with Crippen molar-refractivity contribution in [3.63, 3.8) is 0 Å². The fourth-order valence-corrected chi connectivity index (χ4v) is 2.07. The number of primary amides is 1. The van der Waals surface area contributed by atoms with Gasteiger partial charge in [-0.15, -0.1) is 0 Å². The van der Waals surface area contributed by atoms with Crippen LogP contribution in [-0.4, -0.2) is 11.8 Å². The van der Waals surface area contributed by atoms with Gasteiger partial charge in [-0.3, -0.25) is 9.59 Å². The first kappa shape index (κ1) is 14.8. The summed E-state index contributed by atoms with van der Waals surface area (Å²) in [4.78, 5) is 23.6. The summed E-state index contributed by atoms with van der Waals surface area (Å²) in [6, 6.07) is 15.9. The molecule has 0 unspecified atom stereocenters. The molecule has 21 heavy (non-hydrogen) atoms. The number of carbonyl (C=O) groups excluding carboxylic acids is 2. The van der Waals surface area contributed by atoms with E-state index in [0.717, 1.165) is 11.1 Å². The monoisotopic (exact) mass is 282 g/mol. The van der Waals surface area contributed by atoms with Crippen molar-refractivity contribution in [1.82, 2.24) is 5.32 Å². The predicted molar refractivity (Wildman–Crippen MR) is 81.4 cm³/mol. The van der Waals surface area contributed by atoms with Gasteiger partial charge in [0.25, 0.3) is 0 Å². The third-order valence-electron chi connectivity index (χ3n) is 3.21. The molecule has 0 heterocycles. The number of hydrogen-bond donors (Lipinski definition) is 2. The summed E-state index contributed by atoms with van der Waals surface area (Å²) in [5.41, 5.74) is 8.09. The summed E-state index contributed by atoms with van der Waals surface area (Å²) in [6.07, 6.45) is 0.219. The second kappa shape index (κ2) is 6.70. The minimum Gasteiger partial charge on any atom is -0.368 e. The van der Waals surface area contributed by atoms with Crippen LogP contribution >= 0.6 is 0 Å². The Morgan fingerprint density at radius 3 is 2.24 bits per heavy atom. The zero-order valence-electron chi connectivity index (χ0n) is 11.9. The number of nitrogens with two attached hydrogens (primary N) is 1. The van der Waals surface area contributed by atoms with Crippen LogP contribution in [0.2, 0.25) is 0 Å². The molecule has 0 spiro atoms. The van der Waals surface area contributed by atoms with Crippen LogP contribution in [0.1, 0.15) is 22.7 Å². The summed E-state index contributed by atoms with van der Waals surface area (Å²) >= 11 is 0. The summed E-state index contributed by atoms with van der Waals surface area (Å²) < 4.78 is 0. The summed E-state index contributed by atoms with van der Waals surface area (Å²) in [6.45, 7) is 1.99. The van der Waals surface area contributed by atoms with Crippen molar-refractivity contribution in [2.75, 3.05) is 0 Å². The number of aryl methyl sites for hydroxylation is 1. The molecule has 0 bridgehead atoms. The largest absolute Gasteiger partial charge is 0.368 e. The van der Waals surface area contributed by atoms with Crippen LogP contribution in [0.25, 0.3) is 0 Å². The molecule has 0 radical (unpaired) electrons. The van der Waals surface area contributed by atoms with Gasteiger partial charge in [0.05, 0.1) is 6.42 Å². The Kier molecular flexibility index (Phi) is 4.72. The maximum absolute atomic E-state index is 12.1. The quantitative estimate of drug-likeness (QED) is 0.879. The van der Waals surface area contributed by atoms with Crippen molar-refractivity contribution in [2.24, 2.45) is 5.73 Å². The minimum absolute atomic E-state index is 0.219. The molecule has 0 saturated carbocycles. The number of amides is 2. The highest BCUT2D eigenvalue weighted by Crippen LogP contribution is 2.12. The van der Waals surface area contributed by atoms with Crippen molar-refractivity contribution in [3.8, 4) is 0 Å². The lowest BCUT2D eigenvalue weighted by molar-refractivity contribution is -0.127. The lowest BCUT2D eigenvalue weighted by Crippen LogP contribution is -2.38. The predicted octanol–water partition coefficient (Wildman–Crippen LogP) is 1.88. The van der Waals surface area contributed by atoms with E-state index in [1.165, 1.54) is 0 Å². The smallest absolute Gasteiger partial charge is 0.244 e. The molecule has 0 aliphatic rings. The van der Waals surface area contributed by atoms with Crippen LogP contribution in [0.4, 0.5) is 0 Å². The number of hydrogen-bond acceptors (Lipinski definition) is 2. The Morgan fingerprint density at radius 1 is 1.05 bits per heavy atom. The van der Waals surface area contributed by atoms with Crippen molar-refractivity contribution < 1.29 is 9.59 Å². The molecule has 0 aromatic heterocycles. The number of benzene rings is 2. The van der Waals surface area contributed by atoms with Gasteiger partial charge in [-0.05, 0) is 18.1 Å². The molecule has 2 rings (SSSR count). The molecule has 4 heteroatoms. The molecule has 2 aromatic rings. The average molecular weight is 282 g/mol. The van der Waals surface area contributed by atoms with Crippen molar-refractivity contribution >= 4 is 11.8 Å². The van der Waals surface area contributed by atoms with Gasteiger partial charge >= 0.3 is 0 Å². The fourth-order valence-electron chi connectivity index (χ4n) is 2.07. The summed E-state index contributed by atoms with van der Waals surface area (Å²) in [5.74, 6) is -0.801. The molecular weight excluding hydrogens is 264 g/mol. The number of carbonyl (C=O) groups is 2. The zero-order valence-corrected chi connectivity index (χ0v) is 11.9. The molecule has 2 amide bonds. The van der Waals surface area contributed by atoms with Gasteiger partial charge in [0.2, 0.25) is 11.8 Å². The SMILES string of the molecule is Cc1ccc(CC(=O)N[C@@H](C(N)=O)c2ccccc2)cc1. The van der Waals surface area contributed by atoms with Crippen LogP contribution in [0.5, 0.6) is 0 Å². The van der Waals surface area contributed by atoms with Crippen LogP contribution in [0, 0.1) is 6.92 Å². The van der Waals surface area contributed by atoms with Gasteiger partial charge in [0.1, 0.15) is 6.04 Å². The third-order valence-corrected chi connectivity index (χ3v) is 3.21. The Hall–Kier alpha value is -2.62. The third kappa shape index (κ3) is 4.18. The molecule has 3 N–H and O–H groups in total. The van der Waals surface area contributed by atoms with E-state index in [9.17, 15) is 9.59 Å². The number of nitrogens with one attached hydrogen (secondary N) is 1. The van der Waals surface area contributed by atoms with E-state index in [1.54, 1.807) is 24.3 Å². The molecule has 1 atom stereocenters. The van der Waals surface area contributed by atoms with E-state index in [4.69, 9.17) is 5.73 Å². The molecule has 0 saturated heterocycles. The van der Waals surface area contributed by atoms with Crippen LogP contribution in [-0.2, 0) is 16.0 Å². The zero-order chi connectivity index (χ0) is 15.2. The van der Waals surface area contributed by atoms with E-state index in [1.807, 2.05) is 37.3 Å². The van der Waals surface area contributed by atoms with Gasteiger partial charge in [-0.25, -0.2) is 0 Å². The van der Waals surface area contributed by atoms with Gasteiger partial charge in [0.15, 0.2) is 0 Å². The molecule has 0 fully saturated rings. The first-order chi connectivity index (χ1) is 10.1. The average Bonchev–Trinajstić information content (AvgIpc) is 2.48. The molecule has 0 aliphatic heterocycles. The van der Waals surface area contributed by atoms with E-state index in [-0.39, 0.29) is 12.3 Å². The van der Waals surface area contributed by atoms with Crippen LogP contribution < -0.4 is 11.1 Å². The molecular formula is C17H18N2O2. The Labute approximate surface area is 124 Å². The van der Waals surface area contributed by atoms with Crippen LogP contribution in [0.15, 0.2) is 54.6 Å². The second-order valence-electron chi connectivity index (χ2n) is 4.98. The topological polar surface area (TPSA) is 72.2 Å². The van der Waals surface area contributed by atoms with E-state index in [2.05, 4.69) is 5.32 Å². The Bertz CT molecular complexity index is 621. The number of rotatable bonds is 5. The maximum Gasteiger partial charge on any atom is 0.244 e. The first-order valence-electron chi connectivity index (χ1n) is 6.75. The van der Waals surface area contributed by atoms with Crippen molar-refractivity contribution in [3.05, 3.63) is 71.3 Å². The summed E-state index contributed by atoms with van der Waals surface area (Å²) in [7, 11) is 0. The highest BCUT2D eigenvalue weighted by atomic mass is 16.2. The Balaban J connectivity index is 2.05. The highest BCUT2D eigenvalue weighted by Gasteiger charge is 2.19. The van der Waals surface area contributed by atoms with Gasteiger partial charge in [-0.1, -0.05) is 60.2 Å². The second-order valence-corrected chi connectivity index (χ2v) is 4.98. The molecule has 0 aliphatic carbocycles. The van der Waals surface area contributed by atoms with E-state index < -0.39 is 11.9 Å². The normalized spacial score (nSPS) is 11.7. The standard InChI is InChI=1S/C17H18N2O2/c1-12-7-9-13(10-8-12)11-15(20)19-16(17(18)21)14-5-3-2-4-6-14/h2-10,16H,11H2,1H3,(H2,18,21)(H,19,20)/t16-/m1/s1. The highest BCUT2D eigenvalue weighted by molar-refractivity contribution is 5.88. The Morgan fingerprint density at radius 2 is 1.67 bits per heavy atom. The lowest BCUT2D eigenvalue weighted by Gasteiger charge is -2.16. The van der Waals surface area contributed by atoms with Crippen LogP contribution in [0.3, 0.4) is 0 Å². The molecule has 4 nitrogen and oxygen atoms in total. The summed E-state index contributed by atoms with van der Waals surface area (Å²) in [5, 5.41) is 2.68. The minimum atomic E-state index is -0.802. The first-order valence-corrected chi connectivity index (χ1v) is 6.75. The van der Waals surface area contributed by atoms with Gasteiger partial charge in [-0.2, -0.15) is 0 Å². The molecule has 108 valence electrons. The van der Waals surface area contributed by atoms with Gasteiger partial charge < -0.3 is 11.1 Å². The van der Waals surface area contributed by atoms with Gasteiger partial charge in [0, 0.05) is 0 Å². The van der Waals surface area contributed by atoms with E-state index >= 15 is 0 Å². The lowest BCUT2D eigenvalue weighted by atomic mass is 10.1. The van der Waals surface area contributed by atoms with Crippen molar-refractivity contribution in [1.29, 1.82) is 0 Å².